The first kappa shape index (κ1) is 25.7. The van der Waals surface area contributed by atoms with Gasteiger partial charge in [0.2, 0.25) is 0 Å². The van der Waals surface area contributed by atoms with Crippen LogP contribution in [0.1, 0.15) is 30.4 Å². The van der Waals surface area contributed by atoms with Crippen molar-refractivity contribution in [3.63, 3.8) is 0 Å². The summed E-state index contributed by atoms with van der Waals surface area (Å²) in [6, 6.07) is 12.9. The van der Waals surface area contributed by atoms with Crippen molar-refractivity contribution in [2.45, 2.75) is 25.8 Å². The lowest BCUT2D eigenvalue weighted by Gasteiger charge is -2.30. The zero-order valence-corrected chi connectivity index (χ0v) is 20.7. The van der Waals surface area contributed by atoms with Crippen LogP contribution in [0.5, 0.6) is 17.2 Å². The van der Waals surface area contributed by atoms with Gasteiger partial charge in [-0.25, -0.2) is 9.59 Å². The van der Waals surface area contributed by atoms with Gasteiger partial charge in [-0.1, -0.05) is 25.1 Å². The Morgan fingerprint density at radius 3 is 1.97 bits per heavy atom. The average Bonchev–Trinajstić information content (AvgIpc) is 2.90. The van der Waals surface area contributed by atoms with Crippen LogP contribution in [0.25, 0.3) is 0 Å². The molecule has 0 radical (unpaired) electrons. The van der Waals surface area contributed by atoms with Gasteiger partial charge in [0.1, 0.15) is 5.75 Å². The van der Waals surface area contributed by atoms with Crippen molar-refractivity contribution < 1.29 is 33.3 Å². The van der Waals surface area contributed by atoms with Gasteiger partial charge in [-0.3, -0.25) is 0 Å². The van der Waals surface area contributed by atoms with Gasteiger partial charge in [-0.15, -0.1) is 0 Å². The van der Waals surface area contributed by atoms with E-state index in [0.717, 1.165) is 17.7 Å². The zero-order chi connectivity index (χ0) is 25.4. The molecule has 0 saturated heterocycles. The van der Waals surface area contributed by atoms with Gasteiger partial charge >= 0.3 is 11.9 Å². The summed E-state index contributed by atoms with van der Waals surface area (Å²) in [6.07, 6.45) is 4.24. The van der Waals surface area contributed by atoms with Crippen LogP contribution in [0, 0.1) is 0 Å². The van der Waals surface area contributed by atoms with Crippen LogP contribution >= 0.6 is 0 Å². The van der Waals surface area contributed by atoms with Crippen molar-refractivity contribution >= 4 is 11.9 Å². The van der Waals surface area contributed by atoms with Crippen molar-refractivity contribution in [2.24, 2.45) is 0 Å². The number of hydrogen-bond acceptors (Lipinski definition) is 8. The molecule has 1 aliphatic rings. The van der Waals surface area contributed by atoms with Crippen LogP contribution in [0.15, 0.2) is 66.0 Å². The molecule has 186 valence electrons. The Hall–Kier alpha value is -3.94. The molecule has 0 aromatic heterocycles. The molecule has 0 N–H and O–H groups in total. The number of hydrogen-bond donors (Lipinski definition) is 0. The molecule has 0 atom stereocenters. The predicted octanol–water partition coefficient (Wildman–Crippen LogP) is 4.21. The van der Waals surface area contributed by atoms with Gasteiger partial charge in [0.15, 0.2) is 11.5 Å². The Morgan fingerprint density at radius 1 is 0.829 bits per heavy atom. The van der Waals surface area contributed by atoms with Crippen molar-refractivity contribution in [2.75, 3.05) is 35.0 Å². The molecule has 8 heteroatoms. The highest BCUT2D eigenvalue weighted by Gasteiger charge is 2.35. The molecule has 3 rings (SSSR count). The molecular formula is C27H31NO7. The lowest BCUT2D eigenvalue weighted by Crippen LogP contribution is -2.28. The molecular weight excluding hydrogens is 450 g/mol. The molecule has 1 aliphatic heterocycles. The lowest BCUT2D eigenvalue weighted by atomic mass is 9.83. The Bertz CT molecular complexity index is 1070. The maximum absolute atomic E-state index is 12.9. The van der Waals surface area contributed by atoms with Gasteiger partial charge in [0.25, 0.3) is 0 Å². The van der Waals surface area contributed by atoms with Crippen molar-refractivity contribution in [3.8, 4) is 17.2 Å². The second-order valence-corrected chi connectivity index (χ2v) is 7.86. The topological polar surface area (TPSA) is 83.5 Å². The third-order valence-corrected chi connectivity index (χ3v) is 5.58. The number of nitrogens with zero attached hydrogens (tertiary/aromatic N) is 1. The van der Waals surface area contributed by atoms with Gasteiger partial charge in [-0.05, 0) is 41.8 Å². The first-order valence-corrected chi connectivity index (χ1v) is 11.2. The smallest absolute Gasteiger partial charge is 0.336 e. The third kappa shape index (κ3) is 5.95. The normalized spacial score (nSPS) is 13.5. The molecule has 1 heterocycles. The number of methoxy groups -OCH3 is 4. The number of benzene rings is 2. The summed E-state index contributed by atoms with van der Waals surface area (Å²) in [5.74, 6) is 0.0248. The van der Waals surface area contributed by atoms with E-state index in [1.54, 1.807) is 43.7 Å². The van der Waals surface area contributed by atoms with Crippen LogP contribution in [0.3, 0.4) is 0 Å². The van der Waals surface area contributed by atoms with Gasteiger partial charge in [0.05, 0.1) is 52.1 Å². The van der Waals surface area contributed by atoms with Crippen molar-refractivity contribution in [3.05, 3.63) is 77.1 Å². The standard InChI is InChI=1S/C27H31NO7/c1-6-13-35-23-12-9-19(14-24(23)32-3)25-21(26(29)33-4)16-28(17-22(25)27(30)34-5)15-18-7-10-20(31-2)11-8-18/h7-12,14,16-17,25H,6,13,15H2,1-5H3. The third-order valence-electron chi connectivity index (χ3n) is 5.58. The van der Waals surface area contributed by atoms with E-state index in [1.165, 1.54) is 14.2 Å². The summed E-state index contributed by atoms with van der Waals surface area (Å²) in [5, 5.41) is 0. The quantitative estimate of drug-likeness (QED) is 0.467. The van der Waals surface area contributed by atoms with E-state index < -0.39 is 17.9 Å². The van der Waals surface area contributed by atoms with E-state index in [2.05, 4.69) is 0 Å². The molecule has 2 aromatic carbocycles. The number of carbonyl (C=O) groups excluding carboxylic acids is 2. The largest absolute Gasteiger partial charge is 0.497 e. The molecule has 2 aromatic rings. The average molecular weight is 482 g/mol. The molecule has 0 saturated carbocycles. The highest BCUT2D eigenvalue weighted by atomic mass is 16.5. The minimum absolute atomic E-state index is 0.299. The van der Waals surface area contributed by atoms with Crippen LogP contribution in [-0.2, 0) is 25.6 Å². The van der Waals surface area contributed by atoms with Crippen LogP contribution < -0.4 is 14.2 Å². The summed E-state index contributed by atoms with van der Waals surface area (Å²) < 4.78 is 26.7. The van der Waals surface area contributed by atoms with Crippen molar-refractivity contribution in [1.82, 2.24) is 4.90 Å². The summed E-state index contributed by atoms with van der Waals surface area (Å²) in [6.45, 7) is 2.98. The second kappa shape index (κ2) is 12.0. The molecule has 0 fully saturated rings. The summed E-state index contributed by atoms with van der Waals surface area (Å²) in [5.41, 5.74) is 2.23. The molecule has 35 heavy (non-hydrogen) atoms. The molecule has 0 spiro atoms. The first-order valence-electron chi connectivity index (χ1n) is 11.2. The number of rotatable bonds is 10. The molecule has 0 bridgehead atoms. The SMILES string of the molecule is CCCOc1ccc(C2C(C(=O)OC)=CN(Cc3ccc(OC)cc3)C=C2C(=O)OC)cc1OC. The minimum Gasteiger partial charge on any atom is -0.497 e. The summed E-state index contributed by atoms with van der Waals surface area (Å²) in [4.78, 5) is 27.5. The minimum atomic E-state index is -0.712. The van der Waals surface area contributed by atoms with Crippen LogP contribution in [0.2, 0.25) is 0 Å². The fourth-order valence-corrected chi connectivity index (χ4v) is 3.88. The number of carbonyl (C=O) groups is 2. The van der Waals surface area contributed by atoms with E-state index in [9.17, 15) is 9.59 Å². The zero-order valence-electron chi connectivity index (χ0n) is 20.7. The van der Waals surface area contributed by atoms with Crippen molar-refractivity contribution in [1.29, 1.82) is 0 Å². The Kier molecular flexibility index (Phi) is 8.78. The van der Waals surface area contributed by atoms with E-state index in [1.807, 2.05) is 37.3 Å². The van der Waals surface area contributed by atoms with Crippen LogP contribution in [0.4, 0.5) is 0 Å². The second-order valence-electron chi connectivity index (χ2n) is 7.86. The van der Waals surface area contributed by atoms with Gasteiger partial charge < -0.3 is 28.6 Å². The van der Waals surface area contributed by atoms with Gasteiger partial charge in [0, 0.05) is 18.9 Å². The van der Waals surface area contributed by atoms with E-state index in [4.69, 9.17) is 23.7 Å². The summed E-state index contributed by atoms with van der Waals surface area (Å²) in [7, 11) is 5.77. The van der Waals surface area contributed by atoms with E-state index >= 15 is 0 Å². The Labute approximate surface area is 205 Å². The van der Waals surface area contributed by atoms with Gasteiger partial charge in [-0.2, -0.15) is 0 Å². The molecule has 8 nitrogen and oxygen atoms in total. The maximum atomic E-state index is 12.9. The Balaban J connectivity index is 2.05. The number of ether oxygens (including phenoxy) is 5. The maximum Gasteiger partial charge on any atom is 0.336 e. The number of esters is 2. The monoisotopic (exact) mass is 481 g/mol. The molecule has 0 unspecified atom stereocenters. The molecule has 0 amide bonds. The highest BCUT2D eigenvalue weighted by Crippen LogP contribution is 2.40. The first-order chi connectivity index (χ1) is 16.9. The Morgan fingerprint density at radius 2 is 1.46 bits per heavy atom. The fraction of sp³-hybridized carbons (Fsp3) is 0.333. The predicted molar refractivity (Wildman–Crippen MR) is 130 cm³/mol. The molecule has 0 aliphatic carbocycles. The highest BCUT2D eigenvalue weighted by molar-refractivity contribution is 5.98. The van der Waals surface area contributed by atoms with E-state index in [0.29, 0.717) is 41.4 Å². The fourth-order valence-electron chi connectivity index (χ4n) is 3.88. The summed E-state index contributed by atoms with van der Waals surface area (Å²) >= 11 is 0. The van der Waals surface area contributed by atoms with Crippen LogP contribution in [-0.4, -0.2) is 51.9 Å². The van der Waals surface area contributed by atoms with E-state index in [-0.39, 0.29) is 0 Å². The lowest BCUT2D eigenvalue weighted by molar-refractivity contribution is -0.137.